The zero-order valence-electron chi connectivity index (χ0n) is 11.6. The number of rotatable bonds is 7. The van der Waals surface area contributed by atoms with Gasteiger partial charge in [0.2, 0.25) is 0 Å². The maximum absolute atomic E-state index is 12.9. The first kappa shape index (κ1) is 17.8. The molecule has 0 radical (unpaired) electrons. The van der Waals surface area contributed by atoms with Gasteiger partial charge in [-0.15, -0.1) is 0 Å². The second kappa shape index (κ2) is 7.13. The first-order valence-electron chi connectivity index (χ1n) is 6.43. The van der Waals surface area contributed by atoms with Crippen LogP contribution >= 0.6 is 0 Å². The summed E-state index contributed by atoms with van der Waals surface area (Å²) in [6.07, 6.45) is -4.12. The number of hydrogen-bond donors (Lipinski definition) is 1. The number of benzene rings is 1. The molecule has 0 aliphatic rings. The lowest BCUT2D eigenvalue weighted by Crippen LogP contribution is -2.18. The fourth-order valence-corrected chi connectivity index (χ4v) is 2.91. The van der Waals surface area contributed by atoms with Gasteiger partial charge in [-0.2, -0.15) is 13.2 Å². The van der Waals surface area contributed by atoms with E-state index < -0.39 is 21.6 Å². The van der Waals surface area contributed by atoms with E-state index in [9.17, 15) is 21.6 Å². The molecule has 1 aromatic rings. The van der Waals surface area contributed by atoms with Crippen LogP contribution in [0.1, 0.15) is 24.5 Å². The second-order valence-corrected chi connectivity index (χ2v) is 6.84. The van der Waals surface area contributed by atoms with E-state index in [1.807, 2.05) is 0 Å². The van der Waals surface area contributed by atoms with E-state index >= 15 is 0 Å². The maximum Gasteiger partial charge on any atom is 0.419 e. The Labute approximate surface area is 122 Å². The van der Waals surface area contributed by atoms with Crippen molar-refractivity contribution in [3.05, 3.63) is 29.3 Å². The fourth-order valence-electron chi connectivity index (χ4n) is 1.74. The van der Waals surface area contributed by atoms with Crippen molar-refractivity contribution in [3.8, 4) is 5.75 Å². The van der Waals surface area contributed by atoms with Gasteiger partial charge in [0.25, 0.3) is 0 Å². The summed E-state index contributed by atoms with van der Waals surface area (Å²) >= 11 is 0. The molecule has 0 aliphatic heterocycles. The lowest BCUT2D eigenvalue weighted by Gasteiger charge is -2.15. The molecule has 0 aliphatic carbocycles. The van der Waals surface area contributed by atoms with E-state index in [0.29, 0.717) is 12.0 Å². The fraction of sp³-hybridized carbons (Fsp3) is 0.538. The summed E-state index contributed by atoms with van der Waals surface area (Å²) in [5, 5.41) is 0. The van der Waals surface area contributed by atoms with Crippen molar-refractivity contribution in [2.45, 2.75) is 26.1 Å². The third-order valence-electron chi connectivity index (χ3n) is 2.75. The van der Waals surface area contributed by atoms with Gasteiger partial charge in [-0.1, -0.05) is 13.0 Å². The zero-order valence-corrected chi connectivity index (χ0v) is 12.4. The third-order valence-corrected chi connectivity index (χ3v) is 4.57. The molecule has 0 spiro atoms. The normalized spacial score (nSPS) is 12.4. The summed E-state index contributed by atoms with van der Waals surface area (Å²) in [5.74, 6) is -0.697. The molecule has 8 heteroatoms. The summed E-state index contributed by atoms with van der Waals surface area (Å²) < 4.78 is 66.7. The Morgan fingerprint density at radius 1 is 1.24 bits per heavy atom. The standard InChI is InChI=1S/C13H18F3NO3S/c1-2-6-21(18,19)7-5-20-12-4-3-10(9-17)8-11(12)13(14,15)16/h3-4,8H,2,5-7,9,17H2,1H3. The Kier molecular flexibility index (Phi) is 6.03. The van der Waals surface area contributed by atoms with Gasteiger partial charge >= 0.3 is 6.18 Å². The molecule has 1 rings (SSSR count). The van der Waals surface area contributed by atoms with E-state index in [1.54, 1.807) is 6.92 Å². The largest absolute Gasteiger partial charge is 0.492 e. The number of halogens is 3. The quantitative estimate of drug-likeness (QED) is 0.835. The Morgan fingerprint density at radius 2 is 1.90 bits per heavy atom. The third kappa shape index (κ3) is 5.55. The summed E-state index contributed by atoms with van der Waals surface area (Å²) in [4.78, 5) is 0. The second-order valence-electron chi connectivity index (χ2n) is 4.53. The molecule has 2 N–H and O–H groups in total. The van der Waals surface area contributed by atoms with Gasteiger partial charge in [0.05, 0.1) is 17.1 Å². The predicted molar refractivity (Wildman–Crippen MR) is 73.8 cm³/mol. The summed E-state index contributed by atoms with van der Waals surface area (Å²) in [6, 6.07) is 3.50. The van der Waals surface area contributed by atoms with Crippen molar-refractivity contribution in [3.63, 3.8) is 0 Å². The number of ether oxygens (including phenoxy) is 1. The highest BCUT2D eigenvalue weighted by molar-refractivity contribution is 7.91. The molecular weight excluding hydrogens is 307 g/mol. The number of alkyl halides is 3. The Bertz CT molecular complexity index is 571. The summed E-state index contributed by atoms with van der Waals surface area (Å²) in [7, 11) is -3.29. The highest BCUT2D eigenvalue weighted by Gasteiger charge is 2.34. The van der Waals surface area contributed by atoms with Crippen LogP contribution in [-0.4, -0.2) is 26.5 Å². The lowest BCUT2D eigenvalue weighted by molar-refractivity contribution is -0.138. The highest BCUT2D eigenvalue weighted by atomic mass is 32.2. The SMILES string of the molecule is CCCS(=O)(=O)CCOc1ccc(CN)cc1C(F)(F)F. The molecule has 1 aromatic carbocycles. The van der Waals surface area contributed by atoms with E-state index in [0.717, 1.165) is 12.1 Å². The van der Waals surface area contributed by atoms with Crippen molar-refractivity contribution in [2.24, 2.45) is 5.73 Å². The van der Waals surface area contributed by atoms with Crippen molar-refractivity contribution in [1.29, 1.82) is 0 Å². The molecule has 0 unspecified atom stereocenters. The minimum atomic E-state index is -4.58. The van der Waals surface area contributed by atoms with E-state index in [2.05, 4.69) is 0 Å². The Morgan fingerprint density at radius 3 is 2.43 bits per heavy atom. The zero-order chi connectivity index (χ0) is 16.1. The van der Waals surface area contributed by atoms with Crippen LogP contribution < -0.4 is 10.5 Å². The number of sulfone groups is 1. The van der Waals surface area contributed by atoms with E-state index in [-0.39, 0.29) is 30.4 Å². The lowest BCUT2D eigenvalue weighted by atomic mass is 10.1. The van der Waals surface area contributed by atoms with Crippen LogP contribution in [0.3, 0.4) is 0 Å². The van der Waals surface area contributed by atoms with Crippen LogP contribution in [0.2, 0.25) is 0 Å². The molecule has 0 amide bonds. The van der Waals surface area contributed by atoms with Crippen LogP contribution in [0, 0.1) is 0 Å². The van der Waals surface area contributed by atoms with Crippen molar-refractivity contribution < 1.29 is 26.3 Å². The van der Waals surface area contributed by atoms with Crippen LogP contribution in [0.15, 0.2) is 18.2 Å². The smallest absolute Gasteiger partial charge is 0.419 e. The van der Waals surface area contributed by atoms with Crippen molar-refractivity contribution >= 4 is 9.84 Å². The van der Waals surface area contributed by atoms with Crippen LogP contribution in [0.4, 0.5) is 13.2 Å². The minimum Gasteiger partial charge on any atom is -0.492 e. The van der Waals surface area contributed by atoms with Crippen molar-refractivity contribution in [2.75, 3.05) is 18.1 Å². The Hall–Kier alpha value is -1.28. The first-order chi connectivity index (χ1) is 9.69. The molecule has 4 nitrogen and oxygen atoms in total. The predicted octanol–water partition coefficient (Wildman–Crippen LogP) is 2.37. The first-order valence-corrected chi connectivity index (χ1v) is 8.25. The van der Waals surface area contributed by atoms with Gasteiger partial charge in [0.15, 0.2) is 9.84 Å². The van der Waals surface area contributed by atoms with Gasteiger partial charge < -0.3 is 10.5 Å². The highest BCUT2D eigenvalue weighted by Crippen LogP contribution is 2.36. The molecule has 0 saturated carbocycles. The van der Waals surface area contributed by atoms with Crippen LogP contribution in [0.5, 0.6) is 5.75 Å². The molecule has 0 atom stereocenters. The van der Waals surface area contributed by atoms with E-state index in [1.165, 1.54) is 6.07 Å². The molecule has 0 saturated heterocycles. The van der Waals surface area contributed by atoms with E-state index in [4.69, 9.17) is 10.5 Å². The molecule has 0 fully saturated rings. The summed E-state index contributed by atoms with van der Waals surface area (Å²) in [6.45, 7) is 1.38. The molecule has 120 valence electrons. The molecular formula is C13H18F3NO3S. The summed E-state index contributed by atoms with van der Waals surface area (Å²) in [5.41, 5.74) is 4.70. The average Bonchev–Trinajstić information content (AvgIpc) is 2.37. The van der Waals surface area contributed by atoms with Crippen molar-refractivity contribution in [1.82, 2.24) is 0 Å². The average molecular weight is 325 g/mol. The molecule has 21 heavy (non-hydrogen) atoms. The van der Waals surface area contributed by atoms with Gasteiger partial charge in [-0.25, -0.2) is 8.42 Å². The molecule has 0 bridgehead atoms. The molecule has 0 heterocycles. The number of hydrogen-bond acceptors (Lipinski definition) is 4. The molecule has 0 aromatic heterocycles. The van der Waals surface area contributed by atoms with Gasteiger partial charge in [-0.05, 0) is 24.1 Å². The number of nitrogens with two attached hydrogens (primary N) is 1. The van der Waals surface area contributed by atoms with Gasteiger partial charge in [0, 0.05) is 6.54 Å². The Balaban J connectivity index is 2.84. The maximum atomic E-state index is 12.9. The van der Waals surface area contributed by atoms with Gasteiger partial charge in [-0.3, -0.25) is 0 Å². The van der Waals surface area contributed by atoms with Gasteiger partial charge in [0.1, 0.15) is 12.4 Å². The van der Waals surface area contributed by atoms with Crippen LogP contribution in [-0.2, 0) is 22.6 Å². The topological polar surface area (TPSA) is 69.4 Å². The monoisotopic (exact) mass is 325 g/mol. The van der Waals surface area contributed by atoms with Crippen LogP contribution in [0.25, 0.3) is 0 Å². The minimum absolute atomic E-state index is 0.00536.